The third-order valence-corrected chi connectivity index (χ3v) is 7.23. The van der Waals surface area contributed by atoms with Crippen LogP contribution in [0.4, 0.5) is 24.5 Å². The third kappa shape index (κ3) is 4.21. The first-order valence-corrected chi connectivity index (χ1v) is 12.1. The molecule has 2 heterocycles. The van der Waals surface area contributed by atoms with Crippen molar-refractivity contribution in [3.8, 4) is 0 Å². The lowest BCUT2D eigenvalue weighted by Gasteiger charge is -2.11. The Morgan fingerprint density at radius 3 is 2.44 bits per heavy atom. The van der Waals surface area contributed by atoms with Crippen LogP contribution in [-0.2, 0) is 33.8 Å². The fraction of sp³-hybridized carbons (Fsp3) is 0.208. The molecule has 2 N–H and O–H groups in total. The number of alkyl halides is 3. The summed E-state index contributed by atoms with van der Waals surface area (Å²) in [4.78, 5) is 12.4. The first-order chi connectivity index (χ1) is 16.1. The van der Waals surface area contributed by atoms with E-state index >= 15 is 0 Å². The van der Waals surface area contributed by atoms with Gasteiger partial charge in [0.2, 0.25) is 0 Å². The summed E-state index contributed by atoms with van der Waals surface area (Å²) >= 11 is 0. The van der Waals surface area contributed by atoms with Crippen LogP contribution < -0.4 is 10.0 Å². The fourth-order valence-corrected chi connectivity index (χ4v) is 5.23. The molecular weight excluding hydrogens is 469 g/mol. The number of hydrogen-bond donors (Lipinski definition) is 2. The molecule has 2 aliphatic rings. The molecule has 1 amide bonds. The van der Waals surface area contributed by atoms with Gasteiger partial charge in [0, 0.05) is 23.4 Å². The van der Waals surface area contributed by atoms with Crippen LogP contribution >= 0.6 is 0 Å². The molecule has 1 aliphatic carbocycles. The van der Waals surface area contributed by atoms with Gasteiger partial charge in [0.05, 0.1) is 16.0 Å². The average molecular weight is 488 g/mol. The van der Waals surface area contributed by atoms with Crippen molar-refractivity contribution >= 4 is 39.0 Å². The number of aryl methyl sites for hydroxylation is 2. The molecule has 1 aromatic heterocycles. The van der Waals surface area contributed by atoms with Gasteiger partial charge in [-0.3, -0.25) is 9.52 Å². The SMILES string of the molecule is O=C1Nc2ccc(S(=O)(=O)Nc3ccc(C(F)(F)F)cc3)cc2C1=Cc1cc2c(o1)CCCC2. The second-order valence-corrected chi connectivity index (χ2v) is 9.89. The number of amides is 1. The standard InChI is InChI=1S/C24H19F3N2O4S/c25-24(26,27)15-5-7-16(8-6-15)29-34(31,32)18-9-10-21-19(13-18)20(23(30)28-21)12-17-11-14-3-1-2-4-22(14)33-17/h5-13,29H,1-4H2,(H,28,30). The summed E-state index contributed by atoms with van der Waals surface area (Å²) in [5, 5.41) is 2.71. The van der Waals surface area contributed by atoms with Crippen molar-refractivity contribution in [3.05, 3.63) is 76.7 Å². The number of halogens is 3. The molecule has 2 aromatic carbocycles. The lowest BCUT2D eigenvalue weighted by molar-refractivity contribution is -0.137. The summed E-state index contributed by atoms with van der Waals surface area (Å²) in [5.74, 6) is 1.06. The minimum atomic E-state index is -4.52. The van der Waals surface area contributed by atoms with E-state index in [1.165, 1.54) is 18.2 Å². The second kappa shape index (κ2) is 8.05. The number of benzene rings is 2. The maximum atomic E-state index is 12.9. The van der Waals surface area contributed by atoms with Gasteiger partial charge in [-0.05, 0) is 79.4 Å². The van der Waals surface area contributed by atoms with E-state index < -0.39 is 21.8 Å². The summed E-state index contributed by atoms with van der Waals surface area (Å²) < 4.78 is 72.2. The van der Waals surface area contributed by atoms with Gasteiger partial charge in [-0.2, -0.15) is 13.2 Å². The van der Waals surface area contributed by atoms with Gasteiger partial charge in [0.15, 0.2) is 0 Å². The number of carbonyl (C=O) groups excluding carboxylic acids is 1. The van der Waals surface area contributed by atoms with Crippen molar-refractivity contribution in [1.82, 2.24) is 0 Å². The monoisotopic (exact) mass is 488 g/mol. The molecule has 3 aromatic rings. The summed E-state index contributed by atoms with van der Waals surface area (Å²) in [5.41, 5.74) is 1.35. The van der Waals surface area contributed by atoms with Crippen LogP contribution in [0, 0.1) is 0 Å². The number of sulfonamides is 1. The highest BCUT2D eigenvalue weighted by molar-refractivity contribution is 7.92. The van der Waals surface area contributed by atoms with Crippen LogP contribution in [0.5, 0.6) is 0 Å². The van der Waals surface area contributed by atoms with Crippen LogP contribution in [0.25, 0.3) is 11.6 Å². The zero-order valence-electron chi connectivity index (χ0n) is 17.7. The van der Waals surface area contributed by atoms with E-state index in [2.05, 4.69) is 10.0 Å². The first kappa shape index (κ1) is 22.3. The highest BCUT2D eigenvalue weighted by atomic mass is 32.2. The van der Waals surface area contributed by atoms with Gasteiger partial charge in [-0.1, -0.05) is 0 Å². The van der Waals surface area contributed by atoms with Gasteiger partial charge in [-0.25, -0.2) is 8.42 Å². The summed E-state index contributed by atoms with van der Waals surface area (Å²) in [6.45, 7) is 0. The number of hydrogen-bond acceptors (Lipinski definition) is 4. The number of furan rings is 1. The molecule has 0 atom stereocenters. The van der Waals surface area contributed by atoms with Crippen molar-refractivity contribution in [2.45, 2.75) is 36.8 Å². The summed E-state index contributed by atoms with van der Waals surface area (Å²) in [7, 11) is -4.12. The Labute approximate surface area is 193 Å². The second-order valence-electron chi connectivity index (χ2n) is 8.20. The largest absolute Gasteiger partial charge is 0.461 e. The van der Waals surface area contributed by atoms with E-state index in [4.69, 9.17) is 4.42 Å². The predicted octanol–water partition coefficient (Wildman–Crippen LogP) is 5.47. The lowest BCUT2D eigenvalue weighted by Crippen LogP contribution is -2.13. The fourth-order valence-electron chi connectivity index (χ4n) is 4.15. The zero-order chi connectivity index (χ0) is 24.1. The summed E-state index contributed by atoms with van der Waals surface area (Å²) in [6, 6.07) is 9.74. The van der Waals surface area contributed by atoms with Crippen LogP contribution in [0.2, 0.25) is 0 Å². The highest BCUT2D eigenvalue weighted by Gasteiger charge is 2.31. The molecule has 6 nitrogen and oxygen atoms in total. The van der Waals surface area contributed by atoms with Crippen molar-refractivity contribution in [1.29, 1.82) is 0 Å². The molecule has 34 heavy (non-hydrogen) atoms. The Balaban J connectivity index is 1.44. The molecule has 0 spiro atoms. The Morgan fingerprint density at radius 1 is 1.00 bits per heavy atom. The van der Waals surface area contributed by atoms with Crippen molar-refractivity contribution < 1.29 is 30.8 Å². The van der Waals surface area contributed by atoms with Crippen molar-refractivity contribution in [2.24, 2.45) is 0 Å². The number of anilines is 2. The number of carbonyl (C=O) groups is 1. The van der Waals surface area contributed by atoms with Crippen molar-refractivity contribution in [3.63, 3.8) is 0 Å². The van der Waals surface area contributed by atoms with Gasteiger partial charge >= 0.3 is 6.18 Å². The van der Waals surface area contributed by atoms with E-state index in [9.17, 15) is 26.4 Å². The van der Waals surface area contributed by atoms with Gasteiger partial charge in [0.1, 0.15) is 11.5 Å². The Hall–Kier alpha value is -3.53. The minimum absolute atomic E-state index is 0.0142. The zero-order valence-corrected chi connectivity index (χ0v) is 18.5. The van der Waals surface area contributed by atoms with E-state index in [0.717, 1.165) is 61.3 Å². The lowest BCUT2D eigenvalue weighted by atomic mass is 9.98. The molecule has 0 saturated heterocycles. The molecule has 10 heteroatoms. The molecule has 176 valence electrons. The van der Waals surface area contributed by atoms with Crippen LogP contribution in [0.3, 0.4) is 0 Å². The van der Waals surface area contributed by atoms with Crippen molar-refractivity contribution in [2.75, 3.05) is 10.0 Å². The molecule has 0 unspecified atom stereocenters. The molecule has 5 rings (SSSR count). The molecular formula is C24H19F3N2O4S. The highest BCUT2D eigenvalue weighted by Crippen LogP contribution is 2.36. The van der Waals surface area contributed by atoms with Gasteiger partial charge in [-0.15, -0.1) is 0 Å². The minimum Gasteiger partial charge on any atom is -0.461 e. The normalized spacial score (nSPS) is 16.8. The van der Waals surface area contributed by atoms with Crippen LogP contribution in [0.15, 0.2) is 57.8 Å². The number of fused-ring (bicyclic) bond motifs is 2. The molecule has 0 bridgehead atoms. The van der Waals surface area contributed by atoms with Gasteiger partial charge < -0.3 is 9.73 Å². The topological polar surface area (TPSA) is 88.4 Å². The van der Waals surface area contributed by atoms with Gasteiger partial charge in [0.25, 0.3) is 15.9 Å². The Morgan fingerprint density at radius 2 is 1.74 bits per heavy atom. The molecule has 0 fully saturated rings. The number of rotatable bonds is 4. The first-order valence-electron chi connectivity index (χ1n) is 10.6. The maximum Gasteiger partial charge on any atom is 0.416 e. The average Bonchev–Trinajstić information content (AvgIpc) is 3.33. The third-order valence-electron chi connectivity index (χ3n) is 5.85. The Kier molecular flexibility index (Phi) is 5.27. The van der Waals surface area contributed by atoms with E-state index in [-0.39, 0.29) is 22.1 Å². The number of nitrogens with one attached hydrogen (secondary N) is 2. The summed E-state index contributed by atoms with van der Waals surface area (Å²) in [6.07, 6.45) is 0.972. The predicted molar refractivity (Wildman–Crippen MR) is 121 cm³/mol. The maximum absolute atomic E-state index is 12.9. The van der Waals surface area contributed by atoms with E-state index in [0.29, 0.717) is 17.0 Å². The molecule has 0 radical (unpaired) electrons. The Bertz CT molecular complexity index is 1400. The molecule has 1 aliphatic heterocycles. The quantitative estimate of drug-likeness (QED) is 0.477. The van der Waals surface area contributed by atoms with E-state index in [1.54, 1.807) is 6.08 Å². The van der Waals surface area contributed by atoms with Crippen LogP contribution in [0.1, 0.15) is 41.1 Å². The van der Waals surface area contributed by atoms with Crippen LogP contribution in [-0.4, -0.2) is 14.3 Å². The smallest absolute Gasteiger partial charge is 0.416 e. The van der Waals surface area contributed by atoms with E-state index in [1.807, 2.05) is 6.07 Å². The molecule has 0 saturated carbocycles.